The van der Waals surface area contributed by atoms with Crippen LogP contribution < -0.4 is 5.32 Å². The minimum Gasteiger partial charge on any atom is -0.329 e. The molecule has 0 bridgehead atoms. The van der Waals surface area contributed by atoms with Crippen LogP contribution in [0.25, 0.3) is 27.1 Å². The SMILES string of the molecule is CC(C)c1cn2cccc(-c3nnc(Nc4ccc5[nH]ncc5c4Cl)s3)c2n1. The number of rotatable bonds is 4. The van der Waals surface area contributed by atoms with Crippen molar-refractivity contribution in [3.8, 4) is 10.6 Å². The highest BCUT2D eigenvalue weighted by Gasteiger charge is 2.15. The lowest BCUT2D eigenvalue weighted by Gasteiger charge is -2.05. The van der Waals surface area contributed by atoms with E-state index in [0.717, 1.165) is 38.5 Å². The summed E-state index contributed by atoms with van der Waals surface area (Å²) < 4.78 is 2.03. The summed E-state index contributed by atoms with van der Waals surface area (Å²) in [5, 5.41) is 21.8. The van der Waals surface area contributed by atoms with Crippen LogP contribution in [-0.2, 0) is 0 Å². The maximum absolute atomic E-state index is 6.49. The Hall–Kier alpha value is -2.97. The third-order valence-electron chi connectivity index (χ3n) is 4.55. The molecule has 28 heavy (non-hydrogen) atoms. The molecule has 5 aromatic rings. The lowest BCUT2D eigenvalue weighted by Crippen LogP contribution is -1.90. The zero-order valence-electron chi connectivity index (χ0n) is 15.1. The van der Waals surface area contributed by atoms with Crippen LogP contribution in [0.1, 0.15) is 25.5 Å². The predicted molar refractivity (Wildman–Crippen MR) is 113 cm³/mol. The molecule has 7 nitrogen and oxygen atoms in total. The van der Waals surface area contributed by atoms with Crippen molar-refractivity contribution < 1.29 is 0 Å². The molecule has 0 atom stereocenters. The molecular weight excluding hydrogens is 394 g/mol. The molecule has 0 radical (unpaired) electrons. The molecule has 5 rings (SSSR count). The molecule has 9 heteroatoms. The molecule has 140 valence electrons. The van der Waals surface area contributed by atoms with Gasteiger partial charge in [0.1, 0.15) is 5.65 Å². The van der Waals surface area contributed by atoms with Gasteiger partial charge in [0.05, 0.1) is 33.7 Å². The molecule has 0 aliphatic rings. The summed E-state index contributed by atoms with van der Waals surface area (Å²) in [5.41, 5.74) is 4.54. The molecule has 0 spiro atoms. The number of nitrogens with zero attached hydrogens (tertiary/aromatic N) is 5. The van der Waals surface area contributed by atoms with Crippen LogP contribution >= 0.6 is 22.9 Å². The average Bonchev–Trinajstić information content (AvgIpc) is 3.42. The second kappa shape index (κ2) is 6.57. The van der Waals surface area contributed by atoms with E-state index in [-0.39, 0.29) is 0 Å². The van der Waals surface area contributed by atoms with E-state index >= 15 is 0 Å². The van der Waals surface area contributed by atoms with Gasteiger partial charge in [-0.15, -0.1) is 10.2 Å². The number of nitrogens with one attached hydrogen (secondary N) is 2. The summed E-state index contributed by atoms with van der Waals surface area (Å²) in [6.45, 7) is 4.27. The van der Waals surface area contributed by atoms with Gasteiger partial charge in [-0.25, -0.2) is 4.98 Å². The highest BCUT2D eigenvalue weighted by Crippen LogP contribution is 2.35. The first-order valence-electron chi connectivity index (χ1n) is 8.80. The van der Waals surface area contributed by atoms with E-state index in [2.05, 4.69) is 45.8 Å². The molecule has 0 aliphatic carbocycles. The fraction of sp³-hybridized carbons (Fsp3) is 0.158. The van der Waals surface area contributed by atoms with Crippen molar-refractivity contribution in [1.82, 2.24) is 29.8 Å². The Bertz CT molecular complexity index is 1300. The summed E-state index contributed by atoms with van der Waals surface area (Å²) in [6, 6.07) is 7.83. The number of hydrogen-bond donors (Lipinski definition) is 2. The Balaban J connectivity index is 1.51. The molecule has 1 aromatic carbocycles. The summed E-state index contributed by atoms with van der Waals surface area (Å²) in [7, 11) is 0. The van der Waals surface area contributed by atoms with Gasteiger partial charge in [0.25, 0.3) is 0 Å². The molecule has 2 N–H and O–H groups in total. The summed E-state index contributed by atoms with van der Waals surface area (Å²) in [6.07, 6.45) is 5.76. The van der Waals surface area contributed by atoms with Gasteiger partial charge in [0, 0.05) is 17.8 Å². The number of pyridine rings is 1. The minimum atomic E-state index is 0.361. The van der Waals surface area contributed by atoms with Crippen LogP contribution in [0.5, 0.6) is 0 Å². The number of hydrogen-bond acceptors (Lipinski definition) is 6. The number of aromatic amines is 1. The monoisotopic (exact) mass is 409 g/mol. The van der Waals surface area contributed by atoms with E-state index in [1.54, 1.807) is 6.20 Å². The maximum atomic E-state index is 6.49. The van der Waals surface area contributed by atoms with Crippen LogP contribution in [0.3, 0.4) is 0 Å². The molecule has 4 heterocycles. The quantitative estimate of drug-likeness (QED) is 0.423. The number of halogens is 1. The van der Waals surface area contributed by atoms with Gasteiger partial charge >= 0.3 is 0 Å². The van der Waals surface area contributed by atoms with Crippen molar-refractivity contribution in [2.24, 2.45) is 0 Å². The smallest absolute Gasteiger partial charge is 0.210 e. The van der Waals surface area contributed by atoms with Crippen LogP contribution in [0.2, 0.25) is 5.02 Å². The third kappa shape index (κ3) is 2.81. The van der Waals surface area contributed by atoms with E-state index in [0.29, 0.717) is 16.1 Å². The van der Waals surface area contributed by atoms with Crippen LogP contribution in [0.4, 0.5) is 10.8 Å². The minimum absolute atomic E-state index is 0.361. The lowest BCUT2D eigenvalue weighted by molar-refractivity contribution is 0.834. The van der Waals surface area contributed by atoms with E-state index in [1.807, 2.05) is 34.9 Å². The van der Waals surface area contributed by atoms with Crippen LogP contribution in [-0.4, -0.2) is 29.8 Å². The van der Waals surface area contributed by atoms with E-state index in [4.69, 9.17) is 16.6 Å². The Kier molecular flexibility index (Phi) is 4.03. The second-order valence-electron chi connectivity index (χ2n) is 6.77. The van der Waals surface area contributed by atoms with Crippen molar-refractivity contribution in [2.75, 3.05) is 5.32 Å². The molecule has 0 aliphatic heterocycles. The fourth-order valence-corrected chi connectivity index (χ4v) is 4.09. The molecule has 0 unspecified atom stereocenters. The Morgan fingerprint density at radius 1 is 1.21 bits per heavy atom. The highest BCUT2D eigenvalue weighted by molar-refractivity contribution is 7.18. The molecule has 0 saturated heterocycles. The molecule has 0 saturated carbocycles. The zero-order valence-corrected chi connectivity index (χ0v) is 16.7. The Morgan fingerprint density at radius 3 is 2.96 bits per heavy atom. The number of aromatic nitrogens is 6. The van der Waals surface area contributed by atoms with Gasteiger partial charge in [-0.1, -0.05) is 36.8 Å². The largest absolute Gasteiger partial charge is 0.329 e. The average molecular weight is 410 g/mol. The van der Waals surface area contributed by atoms with Crippen LogP contribution in [0, 0.1) is 0 Å². The van der Waals surface area contributed by atoms with Gasteiger partial charge in [0.2, 0.25) is 5.13 Å². The molecule has 0 amide bonds. The number of H-pyrrole nitrogens is 1. The standard InChI is InChI=1S/C19H16ClN7S/c1-10(2)15-9-27-7-3-4-11(17(27)22-15)18-25-26-19(28-18)23-14-6-5-13-12(16(14)20)8-21-24-13/h3-10H,1-2H3,(H,21,24)(H,23,26). The maximum Gasteiger partial charge on any atom is 0.210 e. The number of benzene rings is 1. The van der Waals surface area contributed by atoms with Crippen molar-refractivity contribution in [3.63, 3.8) is 0 Å². The Labute approximate surface area is 169 Å². The second-order valence-corrected chi connectivity index (χ2v) is 8.12. The molecule has 4 aromatic heterocycles. The number of imidazole rings is 1. The molecular formula is C19H16ClN7S. The summed E-state index contributed by atoms with van der Waals surface area (Å²) in [4.78, 5) is 4.77. The van der Waals surface area contributed by atoms with Gasteiger partial charge in [-0.2, -0.15) is 5.10 Å². The number of anilines is 2. The first-order valence-corrected chi connectivity index (χ1v) is 9.99. The van der Waals surface area contributed by atoms with Gasteiger partial charge in [-0.3, -0.25) is 5.10 Å². The highest BCUT2D eigenvalue weighted by atomic mass is 35.5. The number of fused-ring (bicyclic) bond motifs is 2. The summed E-state index contributed by atoms with van der Waals surface area (Å²) >= 11 is 7.95. The van der Waals surface area contributed by atoms with E-state index in [9.17, 15) is 0 Å². The van der Waals surface area contributed by atoms with Crippen molar-refractivity contribution in [3.05, 3.63) is 53.6 Å². The lowest BCUT2D eigenvalue weighted by atomic mass is 10.2. The van der Waals surface area contributed by atoms with Crippen molar-refractivity contribution in [1.29, 1.82) is 0 Å². The van der Waals surface area contributed by atoms with Gasteiger partial charge in [0.15, 0.2) is 5.01 Å². The van der Waals surface area contributed by atoms with Crippen LogP contribution in [0.15, 0.2) is 42.9 Å². The zero-order chi connectivity index (χ0) is 19.3. The first kappa shape index (κ1) is 17.2. The third-order valence-corrected chi connectivity index (χ3v) is 5.83. The van der Waals surface area contributed by atoms with E-state index in [1.165, 1.54) is 11.3 Å². The topological polar surface area (TPSA) is 83.8 Å². The van der Waals surface area contributed by atoms with Gasteiger partial charge in [-0.05, 0) is 30.2 Å². The normalized spacial score (nSPS) is 11.7. The first-order chi connectivity index (χ1) is 13.6. The van der Waals surface area contributed by atoms with Crippen molar-refractivity contribution in [2.45, 2.75) is 19.8 Å². The predicted octanol–water partition coefficient (Wildman–Crippen LogP) is 5.25. The Morgan fingerprint density at radius 2 is 2.11 bits per heavy atom. The molecule has 0 fully saturated rings. The fourth-order valence-electron chi connectivity index (χ4n) is 3.05. The van der Waals surface area contributed by atoms with Crippen molar-refractivity contribution >= 4 is 50.3 Å². The summed E-state index contributed by atoms with van der Waals surface area (Å²) in [5.74, 6) is 0.361. The van der Waals surface area contributed by atoms with E-state index < -0.39 is 0 Å². The van der Waals surface area contributed by atoms with Gasteiger partial charge < -0.3 is 9.72 Å².